The van der Waals surface area contributed by atoms with Gasteiger partial charge in [-0.05, 0) is 31.6 Å². The third-order valence-corrected chi connectivity index (χ3v) is 5.98. The van der Waals surface area contributed by atoms with Crippen LogP contribution in [-0.2, 0) is 15.0 Å². The number of hydrogen-bond acceptors (Lipinski definition) is 3. The molecule has 6 nitrogen and oxygen atoms in total. The first kappa shape index (κ1) is 15.7. The predicted octanol–water partition coefficient (Wildman–Crippen LogP) is 1.15. The number of carboxylic acids is 1. The average Bonchev–Trinajstić information content (AvgIpc) is 3.20. The minimum Gasteiger partial charge on any atom is -0.481 e. The lowest BCUT2D eigenvalue weighted by molar-refractivity contribution is -0.142. The summed E-state index contributed by atoms with van der Waals surface area (Å²) in [4.78, 5) is 10.9. The quantitative estimate of drug-likeness (QED) is 0.798. The molecule has 0 aromatic carbocycles. The van der Waals surface area contributed by atoms with Crippen molar-refractivity contribution in [3.05, 3.63) is 0 Å². The third-order valence-electron chi connectivity index (χ3n) is 3.93. The van der Waals surface area contributed by atoms with Gasteiger partial charge < -0.3 is 5.11 Å². The first-order chi connectivity index (χ1) is 9.32. The molecule has 2 aliphatic rings. The van der Waals surface area contributed by atoms with Crippen LogP contribution in [0.15, 0.2) is 0 Å². The molecule has 2 fully saturated rings. The van der Waals surface area contributed by atoms with Crippen LogP contribution in [-0.4, -0.2) is 53.8 Å². The molecule has 0 spiro atoms. The second-order valence-corrected chi connectivity index (χ2v) is 8.10. The minimum absolute atomic E-state index is 0.152. The molecule has 0 bridgehead atoms. The van der Waals surface area contributed by atoms with Crippen molar-refractivity contribution in [2.75, 3.05) is 19.6 Å². The van der Waals surface area contributed by atoms with E-state index in [1.165, 1.54) is 4.31 Å². The van der Waals surface area contributed by atoms with E-state index in [9.17, 15) is 13.2 Å². The summed E-state index contributed by atoms with van der Waals surface area (Å²) in [6, 6.07) is 0.152. The topological polar surface area (TPSA) is 77.9 Å². The van der Waals surface area contributed by atoms with Crippen LogP contribution >= 0.6 is 0 Å². The first-order valence-electron chi connectivity index (χ1n) is 7.32. The molecule has 7 heteroatoms. The number of carbonyl (C=O) groups is 1. The number of aliphatic carboxylic acids is 1. The number of rotatable bonds is 6. The molecule has 116 valence electrons. The molecule has 0 aromatic heterocycles. The van der Waals surface area contributed by atoms with Gasteiger partial charge in [0.1, 0.15) is 0 Å². The van der Waals surface area contributed by atoms with Crippen LogP contribution in [0.1, 0.15) is 39.5 Å². The molecule has 2 rings (SSSR count). The molecule has 0 aromatic rings. The van der Waals surface area contributed by atoms with E-state index in [-0.39, 0.29) is 6.04 Å². The van der Waals surface area contributed by atoms with Gasteiger partial charge in [-0.15, -0.1) is 0 Å². The second kappa shape index (κ2) is 5.99. The van der Waals surface area contributed by atoms with Crippen molar-refractivity contribution in [1.82, 2.24) is 8.61 Å². The van der Waals surface area contributed by atoms with Crippen molar-refractivity contribution in [1.29, 1.82) is 0 Å². The smallest absolute Gasteiger partial charge is 0.306 e. The zero-order chi connectivity index (χ0) is 14.9. The summed E-state index contributed by atoms with van der Waals surface area (Å²) in [6.07, 6.45) is 2.71. The monoisotopic (exact) mass is 304 g/mol. The van der Waals surface area contributed by atoms with Gasteiger partial charge in [-0.2, -0.15) is 17.0 Å². The maximum Gasteiger partial charge on any atom is 0.306 e. The molecule has 1 N–H and O–H groups in total. The van der Waals surface area contributed by atoms with Crippen molar-refractivity contribution < 1.29 is 18.3 Å². The van der Waals surface area contributed by atoms with Gasteiger partial charge in [0.2, 0.25) is 0 Å². The van der Waals surface area contributed by atoms with Crippen molar-refractivity contribution in [2.45, 2.75) is 45.6 Å². The van der Waals surface area contributed by atoms with E-state index in [2.05, 4.69) is 0 Å². The third kappa shape index (κ3) is 3.51. The lowest BCUT2D eigenvalue weighted by Crippen LogP contribution is -2.49. The largest absolute Gasteiger partial charge is 0.481 e. The lowest BCUT2D eigenvalue weighted by Gasteiger charge is -2.34. The maximum atomic E-state index is 12.7. The fourth-order valence-corrected chi connectivity index (χ4v) is 4.68. The molecule has 0 unspecified atom stereocenters. The van der Waals surface area contributed by atoms with Gasteiger partial charge in [-0.25, -0.2) is 0 Å². The SMILES string of the molecule is CC(C)CN(C1CC1)S(=O)(=O)N1CCC(C(=O)O)CC1. The normalized spacial score (nSPS) is 22.6. The highest BCUT2D eigenvalue weighted by Gasteiger charge is 2.41. The number of piperidine rings is 1. The van der Waals surface area contributed by atoms with Crippen LogP contribution < -0.4 is 0 Å². The zero-order valence-corrected chi connectivity index (χ0v) is 13.0. The molecule has 1 saturated carbocycles. The van der Waals surface area contributed by atoms with Crippen LogP contribution in [0.25, 0.3) is 0 Å². The summed E-state index contributed by atoms with van der Waals surface area (Å²) in [5, 5.41) is 8.98. The van der Waals surface area contributed by atoms with E-state index < -0.39 is 22.1 Å². The molecule has 1 saturated heterocycles. The van der Waals surface area contributed by atoms with Crippen LogP contribution in [0.5, 0.6) is 0 Å². The highest BCUT2D eigenvalue weighted by molar-refractivity contribution is 7.86. The Labute approximate surface area is 120 Å². The van der Waals surface area contributed by atoms with Gasteiger partial charge in [0.25, 0.3) is 10.2 Å². The Morgan fingerprint density at radius 2 is 1.80 bits per heavy atom. The first-order valence-corrected chi connectivity index (χ1v) is 8.71. The van der Waals surface area contributed by atoms with E-state index >= 15 is 0 Å². The molecular formula is C13H24N2O4S. The Hall–Kier alpha value is -0.660. The van der Waals surface area contributed by atoms with E-state index in [4.69, 9.17) is 5.11 Å². The van der Waals surface area contributed by atoms with Crippen molar-refractivity contribution in [3.8, 4) is 0 Å². The molecule has 0 radical (unpaired) electrons. The van der Waals surface area contributed by atoms with Gasteiger partial charge in [0.05, 0.1) is 5.92 Å². The van der Waals surface area contributed by atoms with Gasteiger partial charge in [-0.1, -0.05) is 13.8 Å². The summed E-state index contributed by atoms with van der Waals surface area (Å²) < 4.78 is 28.5. The van der Waals surface area contributed by atoms with Crippen LogP contribution in [0.2, 0.25) is 0 Å². The average molecular weight is 304 g/mol. The van der Waals surface area contributed by atoms with Gasteiger partial charge in [-0.3, -0.25) is 4.79 Å². The summed E-state index contributed by atoms with van der Waals surface area (Å²) in [5.74, 6) is -0.925. The van der Waals surface area contributed by atoms with Crippen molar-refractivity contribution >= 4 is 16.2 Å². The fourth-order valence-electron chi connectivity index (χ4n) is 2.64. The van der Waals surface area contributed by atoms with Gasteiger partial charge >= 0.3 is 5.97 Å². The summed E-state index contributed by atoms with van der Waals surface area (Å²) in [6.45, 7) is 5.22. The highest BCUT2D eigenvalue weighted by atomic mass is 32.2. The molecule has 1 aliphatic carbocycles. The maximum absolute atomic E-state index is 12.7. The van der Waals surface area contributed by atoms with Crippen LogP contribution in [0.4, 0.5) is 0 Å². The second-order valence-electron chi connectivity index (χ2n) is 6.21. The number of nitrogens with zero attached hydrogens (tertiary/aromatic N) is 2. The van der Waals surface area contributed by atoms with Gasteiger partial charge in [0.15, 0.2) is 0 Å². The standard InChI is InChI=1S/C13H24N2O4S/c1-10(2)9-15(12-3-4-12)20(18,19)14-7-5-11(6-8-14)13(16)17/h10-12H,3-9H2,1-2H3,(H,16,17). The Balaban J connectivity index is 2.04. The molecule has 1 heterocycles. The Bertz CT molecular complexity index is 451. The van der Waals surface area contributed by atoms with E-state index in [1.807, 2.05) is 13.8 Å². The van der Waals surface area contributed by atoms with Crippen molar-refractivity contribution in [3.63, 3.8) is 0 Å². The number of carboxylic acid groups (broad SMARTS) is 1. The lowest BCUT2D eigenvalue weighted by atomic mass is 9.99. The predicted molar refractivity (Wildman–Crippen MR) is 75.4 cm³/mol. The van der Waals surface area contributed by atoms with Crippen molar-refractivity contribution in [2.24, 2.45) is 11.8 Å². The van der Waals surface area contributed by atoms with E-state index in [0.29, 0.717) is 38.4 Å². The Morgan fingerprint density at radius 1 is 1.25 bits per heavy atom. The molecule has 0 amide bonds. The van der Waals surface area contributed by atoms with Crippen LogP contribution in [0, 0.1) is 11.8 Å². The summed E-state index contributed by atoms with van der Waals surface area (Å²) in [7, 11) is -3.43. The van der Waals surface area contributed by atoms with E-state index in [1.54, 1.807) is 4.31 Å². The van der Waals surface area contributed by atoms with Gasteiger partial charge in [0, 0.05) is 25.7 Å². The molecule has 20 heavy (non-hydrogen) atoms. The number of hydrogen-bond donors (Lipinski definition) is 1. The molecule has 0 atom stereocenters. The molecule has 1 aliphatic heterocycles. The highest BCUT2D eigenvalue weighted by Crippen LogP contribution is 2.32. The Morgan fingerprint density at radius 3 is 2.20 bits per heavy atom. The minimum atomic E-state index is -3.43. The zero-order valence-electron chi connectivity index (χ0n) is 12.2. The molecular weight excluding hydrogens is 280 g/mol. The Kier molecular flexibility index (Phi) is 4.71. The summed E-state index contributed by atoms with van der Waals surface area (Å²) >= 11 is 0. The van der Waals surface area contributed by atoms with E-state index in [0.717, 1.165) is 12.8 Å². The fraction of sp³-hybridized carbons (Fsp3) is 0.923. The summed E-state index contributed by atoms with van der Waals surface area (Å²) in [5.41, 5.74) is 0. The van der Waals surface area contributed by atoms with Crippen LogP contribution in [0.3, 0.4) is 0 Å².